The standard InChI is InChI=1S/C13H15BrN2O/c1-2-11(14)13-15-12(16-17-13)9-8-10-6-4-3-5-7-10/h3-7,11H,2,8-9H2,1H3. The summed E-state index contributed by atoms with van der Waals surface area (Å²) in [4.78, 5) is 4.54. The number of nitrogens with zero attached hydrogens (tertiary/aromatic N) is 2. The molecule has 1 unspecified atom stereocenters. The molecule has 0 bridgehead atoms. The minimum Gasteiger partial charge on any atom is -0.338 e. The van der Waals surface area contributed by atoms with Crippen LogP contribution >= 0.6 is 15.9 Å². The second kappa shape index (κ2) is 5.96. The van der Waals surface area contributed by atoms with Crippen molar-refractivity contribution in [3.63, 3.8) is 0 Å². The number of halogens is 1. The lowest BCUT2D eigenvalue weighted by atomic mass is 10.1. The SMILES string of the molecule is CCC(Br)c1nc(CCc2ccccc2)no1. The van der Waals surface area contributed by atoms with Gasteiger partial charge < -0.3 is 4.52 Å². The fourth-order valence-electron chi connectivity index (χ4n) is 1.57. The average Bonchev–Trinajstić information content (AvgIpc) is 2.85. The highest BCUT2D eigenvalue weighted by Gasteiger charge is 2.13. The molecule has 0 aliphatic rings. The molecule has 4 heteroatoms. The molecule has 0 amide bonds. The van der Waals surface area contributed by atoms with Crippen molar-refractivity contribution in [1.29, 1.82) is 0 Å². The molecular formula is C13H15BrN2O. The van der Waals surface area contributed by atoms with Crippen LogP contribution in [0.4, 0.5) is 0 Å². The molecule has 2 aromatic rings. The summed E-state index contributed by atoms with van der Waals surface area (Å²) in [5.41, 5.74) is 1.30. The lowest BCUT2D eigenvalue weighted by molar-refractivity contribution is 0.371. The van der Waals surface area contributed by atoms with Crippen LogP contribution in [0.5, 0.6) is 0 Å². The fraction of sp³-hybridized carbons (Fsp3) is 0.385. The smallest absolute Gasteiger partial charge is 0.240 e. The third-order valence-corrected chi connectivity index (χ3v) is 3.63. The Kier molecular flexibility index (Phi) is 4.31. The molecule has 0 aliphatic carbocycles. The van der Waals surface area contributed by atoms with E-state index in [0.717, 1.165) is 25.1 Å². The lowest BCUT2D eigenvalue weighted by Gasteiger charge is -1.97. The number of benzene rings is 1. The topological polar surface area (TPSA) is 38.9 Å². The molecule has 3 nitrogen and oxygen atoms in total. The molecule has 0 saturated carbocycles. The predicted molar refractivity (Wildman–Crippen MR) is 70.1 cm³/mol. The number of hydrogen-bond donors (Lipinski definition) is 0. The minimum absolute atomic E-state index is 0.167. The number of aromatic nitrogens is 2. The maximum atomic E-state index is 5.20. The highest BCUT2D eigenvalue weighted by molar-refractivity contribution is 9.09. The van der Waals surface area contributed by atoms with Gasteiger partial charge in [-0.1, -0.05) is 58.3 Å². The Balaban J connectivity index is 1.94. The number of aryl methyl sites for hydroxylation is 2. The van der Waals surface area contributed by atoms with Crippen LogP contribution in [-0.4, -0.2) is 10.1 Å². The average molecular weight is 295 g/mol. The Morgan fingerprint density at radius 3 is 2.71 bits per heavy atom. The van der Waals surface area contributed by atoms with E-state index in [1.54, 1.807) is 0 Å². The van der Waals surface area contributed by atoms with Gasteiger partial charge in [-0.3, -0.25) is 0 Å². The van der Waals surface area contributed by atoms with E-state index in [0.29, 0.717) is 5.89 Å². The van der Waals surface area contributed by atoms with Crippen molar-refractivity contribution in [2.75, 3.05) is 0 Å². The van der Waals surface area contributed by atoms with Gasteiger partial charge in [-0.15, -0.1) is 0 Å². The van der Waals surface area contributed by atoms with E-state index in [9.17, 15) is 0 Å². The van der Waals surface area contributed by atoms with Crippen LogP contribution in [0.1, 0.15) is 35.5 Å². The van der Waals surface area contributed by atoms with Crippen LogP contribution in [0.25, 0.3) is 0 Å². The summed E-state index contributed by atoms with van der Waals surface area (Å²) in [5, 5.41) is 3.98. The van der Waals surface area contributed by atoms with Crippen molar-refractivity contribution >= 4 is 15.9 Å². The van der Waals surface area contributed by atoms with E-state index in [1.165, 1.54) is 5.56 Å². The molecular weight excluding hydrogens is 280 g/mol. The first-order valence-corrected chi connectivity index (χ1v) is 6.71. The van der Waals surface area contributed by atoms with E-state index in [2.05, 4.69) is 45.1 Å². The van der Waals surface area contributed by atoms with Gasteiger partial charge in [0.25, 0.3) is 0 Å². The first-order chi connectivity index (χ1) is 8.29. The number of rotatable bonds is 5. The van der Waals surface area contributed by atoms with Gasteiger partial charge in [-0.05, 0) is 18.4 Å². The maximum absolute atomic E-state index is 5.20. The molecule has 0 aliphatic heterocycles. The Morgan fingerprint density at radius 1 is 1.24 bits per heavy atom. The Hall–Kier alpha value is -1.16. The predicted octanol–water partition coefficient (Wildman–Crippen LogP) is 3.70. The summed E-state index contributed by atoms with van der Waals surface area (Å²) in [6.45, 7) is 2.08. The van der Waals surface area contributed by atoms with Crippen molar-refractivity contribution in [1.82, 2.24) is 10.1 Å². The van der Waals surface area contributed by atoms with Crippen LogP contribution in [0.3, 0.4) is 0 Å². The first kappa shape index (κ1) is 12.3. The summed E-state index contributed by atoms with van der Waals surface area (Å²) >= 11 is 3.50. The van der Waals surface area contributed by atoms with E-state index < -0.39 is 0 Å². The zero-order valence-electron chi connectivity index (χ0n) is 9.77. The van der Waals surface area contributed by atoms with Gasteiger partial charge in [0.1, 0.15) is 0 Å². The Morgan fingerprint density at radius 2 is 2.00 bits per heavy atom. The molecule has 2 rings (SSSR count). The Bertz CT molecular complexity index is 455. The van der Waals surface area contributed by atoms with Gasteiger partial charge in [-0.2, -0.15) is 4.98 Å². The van der Waals surface area contributed by atoms with Crippen LogP contribution in [-0.2, 0) is 12.8 Å². The zero-order chi connectivity index (χ0) is 12.1. The summed E-state index contributed by atoms with van der Waals surface area (Å²) in [7, 11) is 0. The summed E-state index contributed by atoms with van der Waals surface area (Å²) in [6, 6.07) is 10.3. The van der Waals surface area contributed by atoms with E-state index >= 15 is 0 Å². The highest BCUT2D eigenvalue weighted by atomic mass is 79.9. The van der Waals surface area contributed by atoms with Gasteiger partial charge in [0, 0.05) is 6.42 Å². The van der Waals surface area contributed by atoms with Gasteiger partial charge >= 0.3 is 0 Å². The zero-order valence-corrected chi connectivity index (χ0v) is 11.4. The summed E-state index contributed by atoms with van der Waals surface area (Å²) in [5.74, 6) is 1.46. The van der Waals surface area contributed by atoms with Crippen molar-refractivity contribution in [3.05, 3.63) is 47.6 Å². The molecule has 0 radical (unpaired) electrons. The van der Waals surface area contributed by atoms with Crippen LogP contribution in [0, 0.1) is 0 Å². The van der Waals surface area contributed by atoms with Crippen molar-refractivity contribution < 1.29 is 4.52 Å². The van der Waals surface area contributed by atoms with E-state index in [-0.39, 0.29) is 4.83 Å². The Labute approximate surface area is 109 Å². The lowest BCUT2D eigenvalue weighted by Crippen LogP contribution is -1.94. The molecule has 1 heterocycles. The van der Waals surface area contributed by atoms with Crippen molar-refractivity contribution in [2.45, 2.75) is 31.0 Å². The van der Waals surface area contributed by atoms with Gasteiger partial charge in [-0.25, -0.2) is 0 Å². The highest BCUT2D eigenvalue weighted by Crippen LogP contribution is 2.24. The molecule has 90 valence electrons. The van der Waals surface area contributed by atoms with Crippen LogP contribution in [0.2, 0.25) is 0 Å². The molecule has 0 saturated heterocycles. The molecule has 0 spiro atoms. The maximum Gasteiger partial charge on any atom is 0.240 e. The molecule has 0 fully saturated rings. The quantitative estimate of drug-likeness (QED) is 0.789. The van der Waals surface area contributed by atoms with Crippen molar-refractivity contribution in [2.24, 2.45) is 0 Å². The van der Waals surface area contributed by atoms with E-state index in [4.69, 9.17) is 4.52 Å². The molecule has 0 N–H and O–H groups in total. The van der Waals surface area contributed by atoms with Gasteiger partial charge in [0.2, 0.25) is 5.89 Å². The monoisotopic (exact) mass is 294 g/mol. The third-order valence-electron chi connectivity index (χ3n) is 2.59. The van der Waals surface area contributed by atoms with Crippen molar-refractivity contribution in [3.8, 4) is 0 Å². The molecule has 1 atom stereocenters. The second-order valence-electron chi connectivity index (χ2n) is 3.91. The summed E-state index contributed by atoms with van der Waals surface area (Å²) < 4.78 is 5.20. The number of hydrogen-bond acceptors (Lipinski definition) is 3. The fourth-order valence-corrected chi connectivity index (χ4v) is 1.76. The van der Waals surface area contributed by atoms with E-state index in [1.807, 2.05) is 18.2 Å². The van der Waals surface area contributed by atoms with Gasteiger partial charge in [0.15, 0.2) is 5.82 Å². The third kappa shape index (κ3) is 3.40. The number of alkyl halides is 1. The van der Waals surface area contributed by atoms with Crippen LogP contribution < -0.4 is 0 Å². The molecule has 17 heavy (non-hydrogen) atoms. The van der Waals surface area contributed by atoms with Crippen LogP contribution in [0.15, 0.2) is 34.9 Å². The second-order valence-corrected chi connectivity index (χ2v) is 5.02. The molecule has 1 aromatic carbocycles. The first-order valence-electron chi connectivity index (χ1n) is 5.80. The van der Waals surface area contributed by atoms with Gasteiger partial charge in [0.05, 0.1) is 4.83 Å². The normalized spacial score (nSPS) is 12.6. The summed E-state index contributed by atoms with van der Waals surface area (Å²) in [6.07, 6.45) is 2.70. The largest absolute Gasteiger partial charge is 0.338 e. The minimum atomic E-state index is 0.167. The molecule has 1 aromatic heterocycles.